The van der Waals surface area contributed by atoms with Gasteiger partial charge in [-0.15, -0.1) is 0 Å². The van der Waals surface area contributed by atoms with Gasteiger partial charge in [-0.25, -0.2) is 14.8 Å². The number of likely N-dealkylation sites (tertiary alicyclic amines) is 1. The maximum atomic E-state index is 12.6. The van der Waals surface area contributed by atoms with Gasteiger partial charge in [0.1, 0.15) is 17.3 Å². The van der Waals surface area contributed by atoms with E-state index in [-0.39, 0.29) is 12.1 Å². The molecule has 1 aromatic heterocycles. The van der Waals surface area contributed by atoms with E-state index in [0.717, 1.165) is 35.5 Å². The van der Waals surface area contributed by atoms with Crippen LogP contribution in [0, 0.1) is 12.3 Å². The summed E-state index contributed by atoms with van der Waals surface area (Å²) in [5, 5.41) is 11.3. The zero-order valence-corrected chi connectivity index (χ0v) is 21.7. The minimum Gasteiger partial charge on any atom is -0.444 e. The summed E-state index contributed by atoms with van der Waals surface area (Å²) in [5.41, 5.74) is 7.81. The van der Waals surface area contributed by atoms with Crippen molar-refractivity contribution in [3.63, 3.8) is 0 Å². The Morgan fingerprint density at radius 2 is 2.11 bits per heavy atom. The van der Waals surface area contributed by atoms with Gasteiger partial charge in [0.15, 0.2) is 0 Å². The molecule has 8 heteroatoms. The molecule has 1 amide bonds. The maximum Gasteiger partial charge on any atom is 0.410 e. The van der Waals surface area contributed by atoms with E-state index in [1.807, 2.05) is 65.8 Å². The molecule has 3 rings (SSSR count). The Morgan fingerprint density at radius 1 is 1.37 bits per heavy atom. The number of carbonyl (C=O) groups is 1. The predicted octanol–water partition coefficient (Wildman–Crippen LogP) is 4.87. The minimum atomic E-state index is -0.727. The summed E-state index contributed by atoms with van der Waals surface area (Å²) in [6.45, 7) is 12.0. The first-order chi connectivity index (χ1) is 16.4. The van der Waals surface area contributed by atoms with Crippen molar-refractivity contribution in [2.24, 2.45) is 16.1 Å². The van der Waals surface area contributed by atoms with Crippen LogP contribution in [0.25, 0.3) is 0 Å². The van der Waals surface area contributed by atoms with Crippen LogP contribution in [-0.2, 0) is 4.74 Å². The molecule has 0 bridgehead atoms. The first kappa shape index (κ1) is 26.5. The summed E-state index contributed by atoms with van der Waals surface area (Å²) >= 11 is 0. The van der Waals surface area contributed by atoms with Crippen molar-refractivity contribution >= 4 is 11.9 Å². The number of amidine groups is 1. The molecule has 8 nitrogen and oxygen atoms in total. The van der Waals surface area contributed by atoms with E-state index in [1.54, 1.807) is 17.3 Å². The van der Waals surface area contributed by atoms with E-state index in [4.69, 9.17) is 15.5 Å². The molecular weight excluding hydrogens is 442 g/mol. The number of hydrogen-bond donors (Lipinski definition) is 3. The highest BCUT2D eigenvalue weighted by molar-refractivity contribution is 5.90. The lowest BCUT2D eigenvalue weighted by atomic mass is 9.74. The van der Waals surface area contributed by atoms with Gasteiger partial charge in [-0.1, -0.05) is 25.1 Å². The molecule has 35 heavy (non-hydrogen) atoms. The normalized spacial score (nSPS) is 23.8. The van der Waals surface area contributed by atoms with Crippen LogP contribution >= 0.6 is 0 Å². The summed E-state index contributed by atoms with van der Waals surface area (Å²) in [4.78, 5) is 26.3. The van der Waals surface area contributed by atoms with Crippen LogP contribution in [-0.4, -0.2) is 50.1 Å². The Kier molecular flexibility index (Phi) is 8.05. The van der Waals surface area contributed by atoms with E-state index < -0.39 is 17.1 Å². The van der Waals surface area contributed by atoms with Gasteiger partial charge in [0, 0.05) is 24.4 Å². The number of aromatic amines is 1. The number of aliphatic imine (C=N–C) groups is 1. The Balaban J connectivity index is 1.79. The fraction of sp³-hybridized carbons (Fsp3) is 0.519. The number of allylic oxidation sites excluding steroid dienone is 2. The molecule has 1 aliphatic carbocycles. The zero-order chi connectivity index (χ0) is 25.8. The van der Waals surface area contributed by atoms with Crippen molar-refractivity contribution in [2.45, 2.75) is 78.6 Å². The third-order valence-corrected chi connectivity index (χ3v) is 6.31. The van der Waals surface area contributed by atoms with Crippen molar-refractivity contribution in [1.82, 2.24) is 14.9 Å². The van der Waals surface area contributed by atoms with Crippen molar-refractivity contribution in [2.75, 3.05) is 6.54 Å². The molecule has 1 saturated heterocycles. The molecule has 0 saturated carbocycles. The topological polar surface area (TPSA) is 117 Å². The molecule has 0 spiro atoms. The van der Waals surface area contributed by atoms with Crippen molar-refractivity contribution in [3.05, 3.63) is 65.4 Å². The molecule has 3 atom stereocenters. The number of nitrogens with zero attached hydrogens (tertiary/aromatic N) is 3. The zero-order valence-electron chi connectivity index (χ0n) is 21.7. The molecular formula is C27H39N5O3. The van der Waals surface area contributed by atoms with Crippen LogP contribution in [0.3, 0.4) is 0 Å². The largest absolute Gasteiger partial charge is 0.444 e. The fourth-order valence-corrected chi connectivity index (χ4v) is 4.48. The molecule has 3 unspecified atom stereocenters. The quantitative estimate of drug-likeness (QED) is 0.419. The standard InChI is InChI=1S/C27H39N5O3/c1-18-17-27(6,23(33)20-9-7-14-29-19(2)30-15-12-20)13-11-21(18)31-24(28)22-10-8-16-32(22)25(34)35-26(3,4)5/h7,9,11-12,14-15,17,22-23,33H,8,10,13,16H2,1-6H3,(H2,28,31)(H,29,30). The first-order valence-electron chi connectivity index (χ1n) is 12.2. The Morgan fingerprint density at radius 3 is 2.80 bits per heavy atom. The summed E-state index contributed by atoms with van der Waals surface area (Å²) < 4.78 is 5.55. The van der Waals surface area contributed by atoms with Gasteiger partial charge >= 0.3 is 6.09 Å². The average molecular weight is 482 g/mol. The number of carbonyl (C=O) groups excluding carboxylic acids is 1. The van der Waals surface area contributed by atoms with Crippen LogP contribution in [0.15, 0.2) is 59.0 Å². The summed E-state index contributed by atoms with van der Waals surface area (Å²) in [6, 6.07) is 5.29. The average Bonchev–Trinajstić information content (AvgIpc) is 3.28. The summed E-state index contributed by atoms with van der Waals surface area (Å²) in [6.07, 6.45) is 8.67. The first-order valence-corrected chi connectivity index (χ1v) is 12.2. The van der Waals surface area contributed by atoms with Crippen LogP contribution in [0.5, 0.6) is 0 Å². The van der Waals surface area contributed by atoms with Crippen molar-refractivity contribution in [1.29, 1.82) is 0 Å². The minimum absolute atomic E-state index is 0.281. The van der Waals surface area contributed by atoms with E-state index in [1.165, 1.54) is 0 Å². The Labute approximate surface area is 208 Å². The number of amides is 1. The molecule has 2 aliphatic rings. The van der Waals surface area contributed by atoms with Gasteiger partial charge in [-0.05, 0) is 77.2 Å². The van der Waals surface area contributed by atoms with Crippen LogP contribution in [0.2, 0.25) is 0 Å². The molecule has 1 fully saturated rings. The lowest BCUT2D eigenvalue weighted by Gasteiger charge is -2.34. The number of ether oxygens (including phenoxy) is 1. The molecule has 1 aliphatic heterocycles. The second kappa shape index (κ2) is 10.6. The molecule has 0 radical (unpaired) electrons. The second-order valence-electron chi connectivity index (χ2n) is 10.6. The van der Waals surface area contributed by atoms with Gasteiger partial charge in [0.25, 0.3) is 0 Å². The number of nitrogens with two attached hydrogens (primary N) is 1. The highest BCUT2D eigenvalue weighted by atomic mass is 16.6. The lowest BCUT2D eigenvalue weighted by molar-refractivity contribution is 0.0265. The number of aliphatic hydroxyl groups is 1. The molecule has 0 aromatic carbocycles. The van der Waals surface area contributed by atoms with Crippen LogP contribution < -0.4 is 5.73 Å². The molecule has 1 aromatic rings. The lowest BCUT2D eigenvalue weighted by Crippen LogP contribution is -2.46. The molecule has 190 valence electrons. The number of rotatable bonds is 4. The number of hydrogen-bond acceptors (Lipinski definition) is 5. The van der Waals surface area contributed by atoms with Crippen LogP contribution in [0.4, 0.5) is 4.79 Å². The van der Waals surface area contributed by atoms with Crippen molar-refractivity contribution in [3.8, 4) is 0 Å². The van der Waals surface area contributed by atoms with E-state index in [9.17, 15) is 9.90 Å². The maximum absolute atomic E-state index is 12.6. The Hall–Kier alpha value is -3.13. The molecule has 2 heterocycles. The second-order valence-corrected chi connectivity index (χ2v) is 10.6. The van der Waals surface area contributed by atoms with Gasteiger partial charge in [-0.3, -0.25) is 4.90 Å². The predicted molar refractivity (Wildman–Crippen MR) is 138 cm³/mol. The van der Waals surface area contributed by atoms with E-state index in [2.05, 4.69) is 16.0 Å². The smallest absolute Gasteiger partial charge is 0.410 e. The number of aryl methyl sites for hydroxylation is 1. The summed E-state index contributed by atoms with van der Waals surface area (Å²) in [7, 11) is 0. The number of aliphatic hydroxyl groups excluding tert-OH is 1. The number of H-pyrrole nitrogens is 1. The van der Waals surface area contributed by atoms with Crippen molar-refractivity contribution < 1.29 is 14.6 Å². The van der Waals surface area contributed by atoms with E-state index >= 15 is 0 Å². The number of aromatic nitrogens is 2. The fourth-order valence-electron chi connectivity index (χ4n) is 4.48. The van der Waals surface area contributed by atoms with E-state index in [0.29, 0.717) is 18.8 Å². The highest BCUT2D eigenvalue weighted by Crippen LogP contribution is 2.43. The third-order valence-electron chi connectivity index (χ3n) is 6.31. The van der Waals surface area contributed by atoms with Gasteiger partial charge < -0.3 is 20.6 Å². The van der Waals surface area contributed by atoms with Gasteiger partial charge in [-0.2, -0.15) is 0 Å². The SMILES string of the molecule is CC1=CC(C)(C(O)c2cccnc(C)[nH]cc2)CC=C1N=C(N)C1CCCN1C(=O)OC(C)(C)C. The summed E-state index contributed by atoms with van der Waals surface area (Å²) in [5.74, 6) is 1.18. The van der Waals surface area contributed by atoms with Gasteiger partial charge in [0.2, 0.25) is 0 Å². The van der Waals surface area contributed by atoms with Gasteiger partial charge in [0.05, 0.1) is 17.8 Å². The molecule has 4 N–H and O–H groups in total. The highest BCUT2D eigenvalue weighted by Gasteiger charge is 2.36. The monoisotopic (exact) mass is 481 g/mol. The number of nitrogens with one attached hydrogen (secondary N) is 1. The Bertz CT molecular complexity index is 1080. The third kappa shape index (κ3) is 6.72. The van der Waals surface area contributed by atoms with Crippen LogP contribution in [0.1, 0.15) is 71.4 Å².